The Labute approximate surface area is 112 Å². The summed E-state index contributed by atoms with van der Waals surface area (Å²) < 4.78 is 28.5. The van der Waals surface area contributed by atoms with Crippen LogP contribution in [0.1, 0.15) is 36.2 Å². The van der Waals surface area contributed by atoms with Crippen LogP contribution in [-0.4, -0.2) is 24.9 Å². The van der Waals surface area contributed by atoms with Gasteiger partial charge in [0.2, 0.25) is 10.0 Å². The van der Waals surface area contributed by atoms with E-state index in [1.54, 1.807) is 7.05 Å². The van der Waals surface area contributed by atoms with Gasteiger partial charge >= 0.3 is 0 Å². The average Bonchev–Trinajstić information content (AvgIpc) is 2.97. The third kappa shape index (κ3) is 2.96. The van der Waals surface area contributed by atoms with Gasteiger partial charge in [-0.3, -0.25) is 10.2 Å². The molecule has 0 saturated heterocycles. The average molecular weight is 286 g/mol. The molecule has 106 valence electrons. The third-order valence-corrected chi connectivity index (χ3v) is 4.82. The summed E-state index contributed by atoms with van der Waals surface area (Å²) in [7, 11) is -1.98. The first kappa shape index (κ1) is 14.0. The topological polar surface area (TPSA) is 106 Å². The SMILES string of the molecule is Cn1cc(S(=O)(=O)NC2CCCC2)cc1C(=O)NN. The number of nitrogens with zero attached hydrogens (tertiary/aromatic N) is 1. The molecule has 0 atom stereocenters. The van der Waals surface area contributed by atoms with Crippen molar-refractivity contribution in [3.05, 3.63) is 18.0 Å². The highest BCUT2D eigenvalue weighted by atomic mass is 32.2. The molecular weight excluding hydrogens is 268 g/mol. The van der Waals surface area contributed by atoms with Crippen molar-refractivity contribution >= 4 is 15.9 Å². The molecule has 1 aromatic heterocycles. The Balaban J connectivity index is 2.23. The van der Waals surface area contributed by atoms with Crippen molar-refractivity contribution in [1.29, 1.82) is 0 Å². The van der Waals surface area contributed by atoms with Crippen LogP contribution in [-0.2, 0) is 17.1 Å². The predicted octanol–water partition coefficient (Wildman–Crippen LogP) is -0.150. The second-order valence-corrected chi connectivity index (χ2v) is 6.46. The van der Waals surface area contributed by atoms with E-state index in [2.05, 4.69) is 4.72 Å². The molecule has 0 unspecified atom stereocenters. The number of aryl methyl sites for hydroxylation is 1. The number of hydrogen-bond donors (Lipinski definition) is 3. The number of carbonyl (C=O) groups excluding carboxylic acids is 1. The molecule has 19 heavy (non-hydrogen) atoms. The standard InChI is InChI=1S/C11H18N4O3S/c1-15-7-9(6-10(15)11(16)13-12)19(17,18)14-8-4-2-3-5-8/h6-8,14H,2-5,12H2,1H3,(H,13,16). The highest BCUT2D eigenvalue weighted by Gasteiger charge is 2.25. The van der Waals surface area contributed by atoms with Crippen molar-refractivity contribution < 1.29 is 13.2 Å². The van der Waals surface area contributed by atoms with E-state index in [-0.39, 0.29) is 16.6 Å². The van der Waals surface area contributed by atoms with Gasteiger partial charge in [-0.1, -0.05) is 12.8 Å². The summed E-state index contributed by atoms with van der Waals surface area (Å²) in [6.07, 6.45) is 5.22. The molecule has 1 amide bonds. The molecule has 2 rings (SSSR count). The maximum atomic E-state index is 12.2. The first-order valence-corrected chi connectivity index (χ1v) is 7.62. The molecule has 8 heteroatoms. The van der Waals surface area contributed by atoms with Crippen LogP contribution in [0.5, 0.6) is 0 Å². The van der Waals surface area contributed by atoms with Gasteiger partial charge in [-0.25, -0.2) is 19.0 Å². The van der Waals surface area contributed by atoms with Crippen LogP contribution < -0.4 is 16.0 Å². The van der Waals surface area contributed by atoms with Gasteiger partial charge in [0.05, 0.1) is 0 Å². The normalized spacial score (nSPS) is 16.7. The number of carbonyl (C=O) groups is 1. The number of rotatable bonds is 4. The van der Waals surface area contributed by atoms with E-state index >= 15 is 0 Å². The van der Waals surface area contributed by atoms with Gasteiger partial charge in [0.25, 0.3) is 5.91 Å². The first-order chi connectivity index (χ1) is 8.94. The second kappa shape index (κ2) is 5.32. The second-order valence-electron chi connectivity index (χ2n) is 4.75. The van der Waals surface area contributed by atoms with Gasteiger partial charge in [0.15, 0.2) is 0 Å². The number of amides is 1. The van der Waals surface area contributed by atoms with Gasteiger partial charge in [0, 0.05) is 19.3 Å². The van der Waals surface area contributed by atoms with Gasteiger partial charge < -0.3 is 4.57 Å². The summed E-state index contributed by atoms with van der Waals surface area (Å²) in [6.45, 7) is 0. The van der Waals surface area contributed by atoms with Crippen molar-refractivity contribution in [1.82, 2.24) is 14.7 Å². The lowest BCUT2D eigenvalue weighted by Gasteiger charge is -2.10. The van der Waals surface area contributed by atoms with Gasteiger partial charge in [0.1, 0.15) is 10.6 Å². The number of nitrogens with one attached hydrogen (secondary N) is 2. The Bertz CT molecular complexity index is 573. The molecule has 1 saturated carbocycles. The largest absolute Gasteiger partial charge is 0.345 e. The first-order valence-electron chi connectivity index (χ1n) is 6.13. The summed E-state index contributed by atoms with van der Waals surface area (Å²) in [5.74, 6) is 4.52. The van der Waals surface area contributed by atoms with Crippen LogP contribution in [0.2, 0.25) is 0 Å². The molecule has 1 aliphatic carbocycles. The van der Waals surface area contributed by atoms with Gasteiger partial charge in [-0.15, -0.1) is 0 Å². The minimum absolute atomic E-state index is 0.00279. The monoisotopic (exact) mass is 286 g/mol. The van der Waals surface area contributed by atoms with Gasteiger partial charge in [-0.05, 0) is 18.9 Å². The Morgan fingerprint density at radius 3 is 2.63 bits per heavy atom. The maximum absolute atomic E-state index is 12.2. The summed E-state index contributed by atoms with van der Waals surface area (Å²) in [6, 6.07) is 1.32. The lowest BCUT2D eigenvalue weighted by atomic mass is 10.3. The van der Waals surface area contributed by atoms with E-state index < -0.39 is 15.9 Å². The number of hydrogen-bond acceptors (Lipinski definition) is 4. The van der Waals surface area contributed by atoms with Crippen molar-refractivity contribution in [3.8, 4) is 0 Å². The quantitative estimate of drug-likeness (QED) is 0.406. The zero-order valence-electron chi connectivity index (χ0n) is 10.7. The van der Waals surface area contributed by atoms with E-state index in [0.29, 0.717) is 0 Å². The van der Waals surface area contributed by atoms with Gasteiger partial charge in [-0.2, -0.15) is 0 Å². The highest BCUT2D eigenvalue weighted by molar-refractivity contribution is 7.89. The van der Waals surface area contributed by atoms with Crippen molar-refractivity contribution in [2.75, 3.05) is 0 Å². The molecule has 0 aromatic carbocycles. The third-order valence-electron chi connectivity index (χ3n) is 3.33. The number of nitrogens with two attached hydrogens (primary N) is 1. The fourth-order valence-electron chi connectivity index (χ4n) is 2.31. The molecule has 1 aromatic rings. The fraction of sp³-hybridized carbons (Fsp3) is 0.545. The number of hydrazine groups is 1. The Morgan fingerprint density at radius 2 is 2.05 bits per heavy atom. The zero-order valence-corrected chi connectivity index (χ0v) is 11.5. The molecule has 0 aliphatic heterocycles. The van der Waals surface area contributed by atoms with E-state index in [9.17, 15) is 13.2 Å². The molecule has 0 spiro atoms. The lowest BCUT2D eigenvalue weighted by molar-refractivity contribution is 0.0945. The summed E-state index contributed by atoms with van der Waals surface area (Å²) in [5, 5.41) is 0. The minimum Gasteiger partial charge on any atom is -0.345 e. The molecule has 7 nitrogen and oxygen atoms in total. The van der Waals surface area contributed by atoms with E-state index in [1.807, 2.05) is 5.43 Å². The van der Waals surface area contributed by atoms with E-state index in [4.69, 9.17) is 5.84 Å². The lowest BCUT2D eigenvalue weighted by Crippen LogP contribution is -2.32. The highest BCUT2D eigenvalue weighted by Crippen LogP contribution is 2.21. The summed E-state index contributed by atoms with van der Waals surface area (Å²) in [4.78, 5) is 11.5. The molecular formula is C11H18N4O3S. The number of sulfonamides is 1. The molecule has 1 aliphatic rings. The molecule has 0 radical (unpaired) electrons. The molecule has 4 N–H and O–H groups in total. The predicted molar refractivity (Wildman–Crippen MR) is 69.6 cm³/mol. The summed E-state index contributed by atoms with van der Waals surface area (Å²) in [5.41, 5.74) is 2.19. The van der Waals surface area contributed by atoms with E-state index in [1.165, 1.54) is 16.8 Å². The van der Waals surface area contributed by atoms with Crippen LogP contribution in [0.4, 0.5) is 0 Å². The molecule has 1 fully saturated rings. The van der Waals surface area contributed by atoms with Crippen molar-refractivity contribution in [2.24, 2.45) is 12.9 Å². The number of aromatic nitrogens is 1. The van der Waals surface area contributed by atoms with Crippen molar-refractivity contribution in [3.63, 3.8) is 0 Å². The number of nitrogen functional groups attached to an aromatic ring is 1. The van der Waals surface area contributed by atoms with Crippen molar-refractivity contribution in [2.45, 2.75) is 36.6 Å². The maximum Gasteiger partial charge on any atom is 0.281 e. The summed E-state index contributed by atoms with van der Waals surface area (Å²) >= 11 is 0. The Morgan fingerprint density at radius 1 is 1.42 bits per heavy atom. The van der Waals surface area contributed by atoms with Crippen LogP contribution in [0.25, 0.3) is 0 Å². The Hall–Kier alpha value is -1.38. The van der Waals surface area contributed by atoms with Crippen LogP contribution in [0, 0.1) is 0 Å². The van der Waals surface area contributed by atoms with Crippen LogP contribution in [0.15, 0.2) is 17.2 Å². The molecule has 0 bridgehead atoms. The minimum atomic E-state index is -3.58. The van der Waals surface area contributed by atoms with E-state index in [0.717, 1.165) is 25.7 Å². The zero-order chi connectivity index (χ0) is 14.0. The smallest absolute Gasteiger partial charge is 0.281 e. The van der Waals surface area contributed by atoms with Crippen LogP contribution in [0.3, 0.4) is 0 Å². The molecule has 1 heterocycles. The van der Waals surface area contributed by atoms with Crippen LogP contribution >= 0.6 is 0 Å². The fourth-order valence-corrected chi connectivity index (χ4v) is 3.69. The Kier molecular flexibility index (Phi) is 3.93.